The molecular weight excluding hydrogens is 228 g/mol. The average Bonchev–Trinajstić information content (AvgIpc) is 2.09. The molecule has 0 heterocycles. The molecule has 0 aromatic heterocycles. The Kier molecular flexibility index (Phi) is 4.97. The van der Waals surface area contributed by atoms with Crippen LogP contribution in [0.15, 0.2) is 23.1 Å². The van der Waals surface area contributed by atoms with Crippen molar-refractivity contribution in [3.05, 3.63) is 28.8 Å². The van der Waals surface area contributed by atoms with E-state index in [4.69, 9.17) is 11.6 Å². The number of rotatable bonds is 4. The summed E-state index contributed by atoms with van der Waals surface area (Å²) in [5.74, 6) is 0. The quantitative estimate of drug-likeness (QED) is 0.814. The lowest BCUT2D eigenvalue weighted by atomic mass is 10.1. The summed E-state index contributed by atoms with van der Waals surface area (Å²) in [4.78, 5) is 1.18. The monoisotopic (exact) mass is 244 g/mol. The van der Waals surface area contributed by atoms with Gasteiger partial charge in [-0.1, -0.05) is 31.5 Å². The molecule has 0 aliphatic rings. The molecule has 1 aromatic rings. The van der Waals surface area contributed by atoms with Crippen molar-refractivity contribution in [2.24, 2.45) is 0 Å². The number of halogens is 1. The third-order valence-corrected chi connectivity index (χ3v) is 3.40. The highest BCUT2D eigenvalue weighted by Gasteiger charge is 2.11. The van der Waals surface area contributed by atoms with E-state index in [-0.39, 0.29) is 6.10 Å². The predicted molar refractivity (Wildman–Crippen MR) is 67.8 cm³/mol. The van der Waals surface area contributed by atoms with Crippen molar-refractivity contribution in [2.75, 3.05) is 0 Å². The number of hydrogen-bond donors (Lipinski definition) is 1. The second-order valence-electron chi connectivity index (χ2n) is 3.94. The maximum Gasteiger partial charge on any atom is 0.0553 e. The van der Waals surface area contributed by atoms with E-state index in [1.54, 1.807) is 18.7 Å². The van der Waals surface area contributed by atoms with Crippen molar-refractivity contribution in [1.29, 1.82) is 0 Å². The number of hydrogen-bond acceptors (Lipinski definition) is 2. The lowest BCUT2D eigenvalue weighted by Gasteiger charge is -2.14. The third kappa shape index (κ3) is 4.06. The fourth-order valence-corrected chi connectivity index (χ4v) is 2.70. The molecule has 3 heteroatoms. The summed E-state index contributed by atoms with van der Waals surface area (Å²) >= 11 is 7.92. The van der Waals surface area contributed by atoms with Gasteiger partial charge >= 0.3 is 0 Å². The summed E-state index contributed by atoms with van der Waals surface area (Å²) in [5, 5.41) is 10.7. The Balaban J connectivity index is 2.97. The molecule has 84 valence electrons. The SMILES string of the molecule is CC(C)Sc1cccc(Cl)c1C[C@H](C)O. The Hall–Kier alpha value is -0.180. The highest BCUT2D eigenvalue weighted by molar-refractivity contribution is 8.00. The molecule has 0 aliphatic carbocycles. The molecule has 0 saturated heterocycles. The first-order valence-electron chi connectivity index (χ1n) is 5.12. The van der Waals surface area contributed by atoms with E-state index >= 15 is 0 Å². The van der Waals surface area contributed by atoms with Crippen molar-refractivity contribution in [3.63, 3.8) is 0 Å². The van der Waals surface area contributed by atoms with Crippen LogP contribution in [0.3, 0.4) is 0 Å². The van der Waals surface area contributed by atoms with E-state index in [2.05, 4.69) is 19.9 Å². The van der Waals surface area contributed by atoms with Gasteiger partial charge in [0.2, 0.25) is 0 Å². The number of aliphatic hydroxyl groups is 1. The molecule has 0 aliphatic heterocycles. The molecule has 15 heavy (non-hydrogen) atoms. The van der Waals surface area contributed by atoms with Gasteiger partial charge in [-0.3, -0.25) is 0 Å². The van der Waals surface area contributed by atoms with Crippen LogP contribution in [0.5, 0.6) is 0 Å². The van der Waals surface area contributed by atoms with Crippen LogP contribution in [0.25, 0.3) is 0 Å². The topological polar surface area (TPSA) is 20.2 Å². The Morgan fingerprint density at radius 3 is 2.53 bits per heavy atom. The highest BCUT2D eigenvalue weighted by Crippen LogP contribution is 2.31. The summed E-state index contributed by atoms with van der Waals surface area (Å²) in [7, 11) is 0. The number of benzene rings is 1. The first kappa shape index (κ1) is 12.9. The standard InChI is InChI=1S/C12H17ClOS/c1-8(2)15-12-6-4-5-11(13)10(12)7-9(3)14/h4-6,8-9,14H,7H2,1-3H3/t9-/m0/s1. The maximum atomic E-state index is 9.42. The maximum absolute atomic E-state index is 9.42. The van der Waals surface area contributed by atoms with E-state index < -0.39 is 0 Å². The van der Waals surface area contributed by atoms with Crippen LogP contribution in [0.2, 0.25) is 5.02 Å². The van der Waals surface area contributed by atoms with Crippen molar-refractivity contribution in [1.82, 2.24) is 0 Å². The zero-order valence-corrected chi connectivity index (χ0v) is 10.9. The lowest BCUT2D eigenvalue weighted by Crippen LogP contribution is -2.06. The minimum atomic E-state index is -0.351. The Labute approximate surface area is 101 Å². The van der Waals surface area contributed by atoms with Crippen LogP contribution in [-0.2, 0) is 6.42 Å². The molecule has 1 aromatic carbocycles. The van der Waals surface area contributed by atoms with Gasteiger partial charge in [0.05, 0.1) is 6.10 Å². The molecule has 1 rings (SSSR count). The fourth-order valence-electron chi connectivity index (χ4n) is 1.40. The van der Waals surface area contributed by atoms with Crippen molar-refractivity contribution < 1.29 is 5.11 Å². The normalized spacial score (nSPS) is 13.2. The van der Waals surface area contributed by atoms with E-state index in [1.165, 1.54) is 4.90 Å². The van der Waals surface area contributed by atoms with Gasteiger partial charge in [0.1, 0.15) is 0 Å². The van der Waals surface area contributed by atoms with Crippen molar-refractivity contribution in [3.8, 4) is 0 Å². The molecule has 0 saturated carbocycles. The molecule has 0 bridgehead atoms. The zero-order chi connectivity index (χ0) is 11.4. The zero-order valence-electron chi connectivity index (χ0n) is 9.33. The van der Waals surface area contributed by atoms with Gasteiger partial charge in [0.25, 0.3) is 0 Å². The molecule has 1 N–H and O–H groups in total. The highest BCUT2D eigenvalue weighted by atomic mass is 35.5. The largest absolute Gasteiger partial charge is 0.393 e. The third-order valence-electron chi connectivity index (χ3n) is 1.94. The fraction of sp³-hybridized carbons (Fsp3) is 0.500. The minimum Gasteiger partial charge on any atom is -0.393 e. The Morgan fingerprint density at radius 1 is 1.33 bits per heavy atom. The smallest absolute Gasteiger partial charge is 0.0553 e. The first-order chi connectivity index (χ1) is 7.00. The van der Waals surface area contributed by atoms with Crippen LogP contribution in [0, 0.1) is 0 Å². The molecule has 0 fully saturated rings. The van der Waals surface area contributed by atoms with E-state index in [9.17, 15) is 5.11 Å². The van der Waals surface area contributed by atoms with Gasteiger partial charge in [0, 0.05) is 21.6 Å². The summed E-state index contributed by atoms with van der Waals surface area (Å²) in [6, 6.07) is 5.90. The van der Waals surface area contributed by atoms with Crippen LogP contribution in [0.1, 0.15) is 26.3 Å². The van der Waals surface area contributed by atoms with Crippen LogP contribution in [0.4, 0.5) is 0 Å². The molecule has 1 atom stereocenters. The van der Waals surface area contributed by atoms with Gasteiger partial charge in [-0.2, -0.15) is 0 Å². The van der Waals surface area contributed by atoms with Gasteiger partial charge < -0.3 is 5.11 Å². The Bertz CT molecular complexity index is 323. The summed E-state index contributed by atoms with van der Waals surface area (Å²) < 4.78 is 0. The molecule has 0 amide bonds. The molecular formula is C12H17ClOS. The van der Waals surface area contributed by atoms with Gasteiger partial charge in [-0.15, -0.1) is 11.8 Å². The molecule has 0 unspecified atom stereocenters. The molecule has 1 nitrogen and oxygen atoms in total. The number of aliphatic hydroxyl groups excluding tert-OH is 1. The Morgan fingerprint density at radius 2 is 2.00 bits per heavy atom. The van der Waals surface area contributed by atoms with Crippen LogP contribution >= 0.6 is 23.4 Å². The molecule has 0 spiro atoms. The van der Waals surface area contributed by atoms with E-state index in [1.807, 2.05) is 12.1 Å². The number of thioether (sulfide) groups is 1. The second kappa shape index (κ2) is 5.78. The van der Waals surface area contributed by atoms with E-state index in [0.717, 1.165) is 10.6 Å². The average molecular weight is 245 g/mol. The summed E-state index contributed by atoms with van der Waals surface area (Å²) in [6.07, 6.45) is 0.269. The van der Waals surface area contributed by atoms with E-state index in [0.29, 0.717) is 11.7 Å². The van der Waals surface area contributed by atoms with Crippen molar-refractivity contribution >= 4 is 23.4 Å². The molecule has 0 radical (unpaired) electrons. The van der Waals surface area contributed by atoms with Crippen molar-refractivity contribution in [2.45, 2.75) is 43.4 Å². The van der Waals surface area contributed by atoms with Crippen LogP contribution in [-0.4, -0.2) is 16.5 Å². The first-order valence-corrected chi connectivity index (χ1v) is 6.38. The summed E-state index contributed by atoms with van der Waals surface area (Å²) in [5.41, 5.74) is 1.06. The summed E-state index contributed by atoms with van der Waals surface area (Å²) in [6.45, 7) is 6.09. The van der Waals surface area contributed by atoms with Gasteiger partial charge in [-0.05, 0) is 24.6 Å². The lowest BCUT2D eigenvalue weighted by molar-refractivity contribution is 0.195. The van der Waals surface area contributed by atoms with Crippen LogP contribution < -0.4 is 0 Å². The predicted octanol–water partition coefficient (Wildman–Crippen LogP) is 3.76. The van der Waals surface area contributed by atoms with Gasteiger partial charge in [-0.25, -0.2) is 0 Å². The van der Waals surface area contributed by atoms with Gasteiger partial charge in [0.15, 0.2) is 0 Å². The minimum absolute atomic E-state index is 0.351. The second-order valence-corrected chi connectivity index (χ2v) is 5.96.